The van der Waals surface area contributed by atoms with Gasteiger partial charge in [0.25, 0.3) is 0 Å². The molecule has 0 amide bonds. The summed E-state index contributed by atoms with van der Waals surface area (Å²) in [6, 6.07) is 13.3. The van der Waals surface area contributed by atoms with Gasteiger partial charge in [0, 0.05) is 23.9 Å². The summed E-state index contributed by atoms with van der Waals surface area (Å²) >= 11 is 0. The highest BCUT2D eigenvalue weighted by Crippen LogP contribution is 2.52. The molecule has 0 radical (unpaired) electrons. The van der Waals surface area contributed by atoms with E-state index in [1.807, 2.05) is 44.2 Å². The summed E-state index contributed by atoms with van der Waals surface area (Å²) in [5.41, 5.74) is 0.275. The van der Waals surface area contributed by atoms with Crippen LogP contribution in [-0.4, -0.2) is 44.4 Å². The first-order valence-electron chi connectivity index (χ1n) is 12.8. The Hall–Kier alpha value is -3.66. The maximum Gasteiger partial charge on any atom is 0.449 e. The molecule has 0 fully saturated rings. The minimum Gasteiger partial charge on any atom is -0.486 e. The van der Waals surface area contributed by atoms with Gasteiger partial charge >= 0.3 is 6.18 Å². The second kappa shape index (κ2) is 9.22. The van der Waals surface area contributed by atoms with Gasteiger partial charge in [0.1, 0.15) is 30.3 Å². The van der Waals surface area contributed by atoms with Crippen LogP contribution in [0.5, 0.6) is 17.2 Å². The van der Waals surface area contributed by atoms with Crippen molar-refractivity contribution in [2.75, 3.05) is 37.9 Å². The minimum absolute atomic E-state index is 0.00292. The average Bonchev–Trinajstić information content (AvgIpc) is 3.38. The van der Waals surface area contributed by atoms with Crippen LogP contribution in [0, 0.1) is 0 Å². The van der Waals surface area contributed by atoms with Gasteiger partial charge in [0.15, 0.2) is 17.3 Å². The lowest BCUT2D eigenvalue weighted by Crippen LogP contribution is -2.50. The van der Waals surface area contributed by atoms with Crippen molar-refractivity contribution in [3.8, 4) is 17.2 Å². The number of furan rings is 1. The molecule has 4 heterocycles. The molecule has 0 N–H and O–H groups in total. The van der Waals surface area contributed by atoms with Gasteiger partial charge in [-0.3, -0.25) is 4.79 Å². The van der Waals surface area contributed by atoms with Crippen molar-refractivity contribution in [2.24, 2.45) is 0 Å². The van der Waals surface area contributed by atoms with Crippen LogP contribution < -0.4 is 19.1 Å². The quantitative estimate of drug-likeness (QED) is 0.422. The molecule has 3 aromatic rings. The Bertz CT molecular complexity index is 1410. The molecule has 0 saturated carbocycles. The van der Waals surface area contributed by atoms with Crippen molar-refractivity contribution in [1.29, 1.82) is 0 Å². The Morgan fingerprint density at radius 2 is 1.67 bits per heavy atom. The van der Waals surface area contributed by atoms with Crippen LogP contribution in [0.4, 0.5) is 18.9 Å². The number of ketones is 1. The van der Waals surface area contributed by atoms with E-state index in [0.717, 1.165) is 11.8 Å². The van der Waals surface area contributed by atoms with Crippen LogP contribution in [0.15, 0.2) is 52.9 Å². The number of anilines is 1. The first-order valence-corrected chi connectivity index (χ1v) is 12.8. The molecule has 1 unspecified atom stereocenters. The Morgan fingerprint density at radius 1 is 0.923 bits per heavy atom. The molecule has 3 aliphatic heterocycles. The summed E-state index contributed by atoms with van der Waals surface area (Å²) in [4.78, 5) is 16.1. The molecule has 2 aromatic carbocycles. The standard InChI is InChI=1S/C29H28F3NO6/c1-27(2)17-35-10-9-28(20-13-23-24(14-22(20)39-27)37-12-11-36-23)19-5-3-4-6-21(19)33(16-25(28)34)15-18-7-8-26(38-18)29(30,31)32/h3-8,13-14H,9-12,15-17H2,1-2H3. The van der Waals surface area contributed by atoms with E-state index in [1.54, 1.807) is 11.0 Å². The van der Waals surface area contributed by atoms with E-state index in [0.29, 0.717) is 61.2 Å². The monoisotopic (exact) mass is 543 g/mol. The average molecular weight is 544 g/mol. The lowest BCUT2D eigenvalue weighted by molar-refractivity contribution is -0.153. The van der Waals surface area contributed by atoms with Crippen molar-refractivity contribution in [3.05, 3.63) is 71.2 Å². The molecule has 39 heavy (non-hydrogen) atoms. The third-order valence-electron chi connectivity index (χ3n) is 7.36. The summed E-state index contributed by atoms with van der Waals surface area (Å²) in [6.07, 6.45) is -4.24. The number of carbonyl (C=O) groups excluding carboxylic acids is 1. The number of ether oxygens (including phenoxy) is 4. The number of rotatable bonds is 2. The predicted octanol–water partition coefficient (Wildman–Crippen LogP) is 5.52. The van der Waals surface area contributed by atoms with E-state index in [4.69, 9.17) is 23.4 Å². The van der Waals surface area contributed by atoms with Crippen LogP contribution in [-0.2, 0) is 27.7 Å². The van der Waals surface area contributed by atoms with E-state index in [2.05, 4.69) is 0 Å². The third kappa shape index (κ3) is 4.50. The summed E-state index contributed by atoms with van der Waals surface area (Å²) in [5.74, 6) is 0.496. The van der Waals surface area contributed by atoms with Gasteiger partial charge in [0.05, 0.1) is 25.1 Å². The number of carbonyl (C=O) groups is 1. The van der Waals surface area contributed by atoms with E-state index < -0.39 is 23.0 Å². The van der Waals surface area contributed by atoms with Gasteiger partial charge < -0.3 is 28.3 Å². The van der Waals surface area contributed by atoms with Crippen molar-refractivity contribution >= 4 is 11.5 Å². The van der Waals surface area contributed by atoms with E-state index in [1.165, 1.54) is 6.07 Å². The summed E-state index contributed by atoms with van der Waals surface area (Å²) in [7, 11) is 0. The Balaban J connectivity index is 1.49. The molecule has 0 saturated heterocycles. The largest absolute Gasteiger partial charge is 0.486 e. The van der Waals surface area contributed by atoms with Crippen LogP contribution in [0.1, 0.15) is 42.9 Å². The van der Waals surface area contributed by atoms with Crippen molar-refractivity contribution < 1.29 is 41.3 Å². The molecule has 10 heteroatoms. The minimum atomic E-state index is -4.59. The number of fused-ring (bicyclic) bond motifs is 5. The molecule has 206 valence electrons. The number of Topliss-reactive ketones (excluding diaryl/α,β-unsaturated/α-hetero) is 1. The fraction of sp³-hybridized carbons (Fsp3) is 0.414. The molecule has 3 aliphatic rings. The zero-order valence-electron chi connectivity index (χ0n) is 21.6. The van der Waals surface area contributed by atoms with Crippen molar-refractivity contribution in [2.45, 2.75) is 44.0 Å². The van der Waals surface area contributed by atoms with Gasteiger partial charge in [0.2, 0.25) is 5.76 Å². The molecular formula is C29H28F3NO6. The van der Waals surface area contributed by atoms with Crippen molar-refractivity contribution in [1.82, 2.24) is 0 Å². The number of nitrogens with zero attached hydrogens (tertiary/aromatic N) is 1. The smallest absolute Gasteiger partial charge is 0.449 e. The number of halogens is 3. The van der Waals surface area contributed by atoms with E-state index in [9.17, 15) is 18.0 Å². The molecule has 1 spiro atoms. The molecule has 6 rings (SSSR count). The van der Waals surface area contributed by atoms with Gasteiger partial charge in [-0.25, -0.2) is 0 Å². The summed E-state index contributed by atoms with van der Waals surface area (Å²) in [5, 5.41) is 0. The SMILES string of the molecule is CC1(C)COCCC2(C(=O)CN(Cc3ccc(C(F)(F)F)o3)c3ccccc32)c2cc3c(cc2O1)OCCO3. The Morgan fingerprint density at radius 3 is 2.41 bits per heavy atom. The lowest BCUT2D eigenvalue weighted by Gasteiger charge is -2.43. The molecule has 1 aromatic heterocycles. The predicted molar refractivity (Wildman–Crippen MR) is 135 cm³/mol. The number of para-hydroxylation sites is 1. The fourth-order valence-electron chi connectivity index (χ4n) is 5.66. The highest BCUT2D eigenvalue weighted by molar-refractivity contribution is 6.02. The van der Waals surface area contributed by atoms with Gasteiger partial charge in [-0.15, -0.1) is 0 Å². The number of hydrogen-bond acceptors (Lipinski definition) is 7. The second-order valence-electron chi connectivity index (χ2n) is 10.6. The van der Waals surface area contributed by atoms with Crippen LogP contribution in [0.25, 0.3) is 0 Å². The number of hydrogen-bond donors (Lipinski definition) is 0. The summed E-state index contributed by atoms with van der Waals surface area (Å²) < 4.78 is 68.7. The van der Waals surface area contributed by atoms with E-state index >= 15 is 0 Å². The highest BCUT2D eigenvalue weighted by atomic mass is 19.4. The molecule has 1 atom stereocenters. The van der Waals surface area contributed by atoms with Gasteiger partial charge in [-0.1, -0.05) is 18.2 Å². The maximum atomic E-state index is 14.3. The highest BCUT2D eigenvalue weighted by Gasteiger charge is 2.50. The molecule has 0 aliphatic carbocycles. The second-order valence-corrected chi connectivity index (χ2v) is 10.6. The maximum absolute atomic E-state index is 14.3. The van der Waals surface area contributed by atoms with Gasteiger partial charge in [-0.05, 0) is 50.1 Å². The third-order valence-corrected chi connectivity index (χ3v) is 7.36. The Labute approximate surface area is 223 Å². The number of benzene rings is 2. The first kappa shape index (κ1) is 25.6. The lowest BCUT2D eigenvalue weighted by atomic mass is 9.66. The zero-order valence-corrected chi connectivity index (χ0v) is 21.6. The first-order chi connectivity index (χ1) is 18.6. The van der Waals surface area contributed by atoms with Crippen molar-refractivity contribution in [3.63, 3.8) is 0 Å². The van der Waals surface area contributed by atoms with Crippen LogP contribution in [0.2, 0.25) is 0 Å². The normalized spacial score (nSPS) is 22.3. The molecule has 7 nitrogen and oxygen atoms in total. The number of alkyl halides is 3. The molecular weight excluding hydrogens is 515 g/mol. The van der Waals surface area contributed by atoms with Gasteiger partial charge in [-0.2, -0.15) is 13.2 Å². The topological polar surface area (TPSA) is 70.4 Å². The summed E-state index contributed by atoms with van der Waals surface area (Å²) in [6.45, 7) is 5.20. The van der Waals surface area contributed by atoms with Crippen LogP contribution >= 0.6 is 0 Å². The fourth-order valence-corrected chi connectivity index (χ4v) is 5.66. The van der Waals surface area contributed by atoms with Crippen LogP contribution in [0.3, 0.4) is 0 Å². The van der Waals surface area contributed by atoms with E-state index in [-0.39, 0.29) is 24.6 Å². The zero-order chi connectivity index (χ0) is 27.4. The molecule has 0 bridgehead atoms. The Kier molecular flexibility index (Phi) is 6.05.